The maximum Gasteiger partial charge on any atom is 0.326 e. The molecule has 0 aliphatic heterocycles. The van der Waals surface area contributed by atoms with Crippen LogP contribution in [0.1, 0.15) is 13.3 Å². The molecule has 0 aromatic carbocycles. The predicted octanol–water partition coefficient (Wildman–Crippen LogP) is -1.01. The SMILES string of the molecule is CCOCCN(C)C(=O)N[C@@H](CC(N)=O)C(=O)O. The Bertz CT molecular complexity index is 308. The number of nitrogens with two attached hydrogens (primary N) is 1. The summed E-state index contributed by atoms with van der Waals surface area (Å²) in [6.07, 6.45) is -0.444. The lowest BCUT2D eigenvalue weighted by Crippen LogP contribution is -2.48. The van der Waals surface area contributed by atoms with E-state index in [2.05, 4.69) is 5.32 Å². The molecule has 1 atom stereocenters. The first-order chi connectivity index (χ1) is 8.38. The first-order valence-corrected chi connectivity index (χ1v) is 5.49. The van der Waals surface area contributed by atoms with Crippen molar-refractivity contribution in [2.24, 2.45) is 5.73 Å². The van der Waals surface area contributed by atoms with Crippen LogP contribution in [0, 0.1) is 0 Å². The van der Waals surface area contributed by atoms with Gasteiger partial charge in [-0.1, -0.05) is 0 Å². The van der Waals surface area contributed by atoms with Crippen molar-refractivity contribution in [3.8, 4) is 0 Å². The fraction of sp³-hybridized carbons (Fsp3) is 0.700. The maximum absolute atomic E-state index is 11.6. The number of carbonyl (C=O) groups excluding carboxylic acids is 2. The normalized spacial score (nSPS) is 11.7. The summed E-state index contributed by atoms with van der Waals surface area (Å²) >= 11 is 0. The molecule has 0 aromatic heterocycles. The van der Waals surface area contributed by atoms with Gasteiger partial charge in [-0.3, -0.25) is 4.79 Å². The van der Waals surface area contributed by atoms with Gasteiger partial charge in [-0.2, -0.15) is 0 Å². The van der Waals surface area contributed by atoms with Gasteiger partial charge in [-0.25, -0.2) is 9.59 Å². The van der Waals surface area contributed by atoms with Crippen LogP contribution < -0.4 is 11.1 Å². The molecule has 0 bridgehead atoms. The molecule has 4 N–H and O–H groups in total. The average Bonchev–Trinajstić information content (AvgIpc) is 2.27. The van der Waals surface area contributed by atoms with Crippen LogP contribution in [0.4, 0.5) is 4.79 Å². The Morgan fingerprint density at radius 3 is 2.50 bits per heavy atom. The van der Waals surface area contributed by atoms with E-state index in [1.54, 1.807) is 0 Å². The van der Waals surface area contributed by atoms with Crippen LogP contribution in [0.2, 0.25) is 0 Å². The summed E-state index contributed by atoms with van der Waals surface area (Å²) in [7, 11) is 1.50. The standard InChI is InChI=1S/C10H19N3O5/c1-3-18-5-4-13(2)10(17)12-7(9(15)16)6-8(11)14/h7H,3-6H2,1-2H3,(H2,11,14)(H,12,17)(H,15,16)/t7-/m0/s1. The highest BCUT2D eigenvalue weighted by Crippen LogP contribution is 1.94. The van der Waals surface area contributed by atoms with E-state index in [1.165, 1.54) is 11.9 Å². The van der Waals surface area contributed by atoms with Crippen molar-refractivity contribution in [1.29, 1.82) is 0 Å². The number of rotatable bonds is 8. The van der Waals surface area contributed by atoms with Crippen molar-refractivity contribution in [3.05, 3.63) is 0 Å². The highest BCUT2D eigenvalue weighted by molar-refractivity contribution is 5.87. The Morgan fingerprint density at radius 1 is 1.44 bits per heavy atom. The van der Waals surface area contributed by atoms with Crippen molar-refractivity contribution >= 4 is 17.9 Å². The van der Waals surface area contributed by atoms with Gasteiger partial charge in [0.05, 0.1) is 13.0 Å². The molecule has 0 fully saturated rings. The molecule has 0 aliphatic rings. The van der Waals surface area contributed by atoms with Gasteiger partial charge >= 0.3 is 12.0 Å². The summed E-state index contributed by atoms with van der Waals surface area (Å²) in [6, 6.07) is -1.91. The van der Waals surface area contributed by atoms with Crippen LogP contribution in [0.3, 0.4) is 0 Å². The fourth-order valence-electron chi connectivity index (χ4n) is 1.11. The summed E-state index contributed by atoms with van der Waals surface area (Å²) < 4.78 is 5.06. The quantitative estimate of drug-likeness (QED) is 0.483. The molecule has 18 heavy (non-hydrogen) atoms. The van der Waals surface area contributed by atoms with Gasteiger partial charge < -0.3 is 25.8 Å². The van der Waals surface area contributed by atoms with Crippen molar-refractivity contribution in [1.82, 2.24) is 10.2 Å². The zero-order valence-corrected chi connectivity index (χ0v) is 10.5. The molecule has 0 heterocycles. The molecule has 0 saturated heterocycles. The van der Waals surface area contributed by atoms with Crippen molar-refractivity contribution < 1.29 is 24.2 Å². The number of nitrogens with zero attached hydrogens (tertiary/aromatic N) is 1. The van der Waals surface area contributed by atoms with Crippen LogP contribution in [0.15, 0.2) is 0 Å². The topological polar surface area (TPSA) is 122 Å². The predicted molar refractivity (Wildman–Crippen MR) is 62.9 cm³/mol. The molecule has 8 nitrogen and oxygen atoms in total. The van der Waals surface area contributed by atoms with Gasteiger partial charge in [0.2, 0.25) is 5.91 Å². The number of primary amides is 1. The van der Waals surface area contributed by atoms with Crippen LogP contribution in [-0.4, -0.2) is 60.8 Å². The first kappa shape index (κ1) is 16.2. The van der Waals surface area contributed by atoms with Crippen molar-refractivity contribution in [2.45, 2.75) is 19.4 Å². The van der Waals surface area contributed by atoms with Gasteiger partial charge in [-0.05, 0) is 6.92 Å². The molecule has 0 rings (SSSR count). The second-order valence-corrected chi connectivity index (χ2v) is 3.63. The number of likely N-dealkylation sites (N-methyl/N-ethyl adjacent to an activating group) is 1. The Labute approximate surface area is 105 Å². The zero-order valence-electron chi connectivity index (χ0n) is 10.5. The molecule has 0 unspecified atom stereocenters. The number of carboxylic acids is 1. The van der Waals surface area contributed by atoms with E-state index in [0.717, 1.165) is 0 Å². The zero-order chi connectivity index (χ0) is 14.1. The van der Waals surface area contributed by atoms with Crippen LogP contribution in [0.5, 0.6) is 0 Å². The molecular weight excluding hydrogens is 242 g/mol. The summed E-state index contributed by atoms with van der Waals surface area (Å²) in [5.74, 6) is -2.10. The molecule has 3 amide bonds. The molecule has 0 radical (unpaired) electrons. The van der Waals surface area contributed by atoms with E-state index >= 15 is 0 Å². The first-order valence-electron chi connectivity index (χ1n) is 5.49. The third-order valence-electron chi connectivity index (χ3n) is 2.12. The van der Waals surface area contributed by atoms with Crippen LogP contribution in [-0.2, 0) is 14.3 Å². The minimum Gasteiger partial charge on any atom is -0.480 e. The largest absolute Gasteiger partial charge is 0.480 e. The lowest BCUT2D eigenvalue weighted by molar-refractivity contribution is -0.140. The van der Waals surface area contributed by atoms with Crippen LogP contribution in [0.25, 0.3) is 0 Å². The molecule has 104 valence electrons. The van der Waals surface area contributed by atoms with E-state index in [0.29, 0.717) is 19.8 Å². The van der Waals surface area contributed by atoms with E-state index in [-0.39, 0.29) is 0 Å². The number of urea groups is 1. The highest BCUT2D eigenvalue weighted by Gasteiger charge is 2.23. The number of nitrogens with one attached hydrogen (secondary N) is 1. The number of hydrogen-bond donors (Lipinski definition) is 3. The van der Waals surface area contributed by atoms with Gasteiger partial charge in [0.15, 0.2) is 0 Å². The summed E-state index contributed by atoms with van der Waals surface area (Å²) in [5, 5.41) is 11.0. The number of ether oxygens (including phenoxy) is 1. The fourth-order valence-corrected chi connectivity index (χ4v) is 1.11. The minimum absolute atomic E-state index is 0.322. The number of aliphatic carboxylic acids is 1. The Balaban J connectivity index is 4.23. The summed E-state index contributed by atoms with van der Waals surface area (Å²) in [6.45, 7) is 3.04. The average molecular weight is 261 g/mol. The van der Waals surface area contributed by atoms with E-state index in [9.17, 15) is 14.4 Å². The molecule has 0 spiro atoms. The second kappa shape index (κ2) is 8.29. The number of hydrogen-bond acceptors (Lipinski definition) is 4. The Kier molecular flexibility index (Phi) is 7.45. The minimum atomic E-state index is -1.32. The van der Waals surface area contributed by atoms with Gasteiger partial charge in [-0.15, -0.1) is 0 Å². The lowest BCUT2D eigenvalue weighted by atomic mass is 10.2. The maximum atomic E-state index is 11.6. The van der Waals surface area contributed by atoms with Crippen molar-refractivity contribution in [3.63, 3.8) is 0 Å². The van der Waals surface area contributed by atoms with E-state index in [1.807, 2.05) is 6.92 Å². The summed E-state index contributed by atoms with van der Waals surface area (Å²) in [5.41, 5.74) is 4.89. The Morgan fingerprint density at radius 2 is 2.06 bits per heavy atom. The van der Waals surface area contributed by atoms with E-state index in [4.69, 9.17) is 15.6 Å². The van der Waals surface area contributed by atoms with Crippen molar-refractivity contribution in [2.75, 3.05) is 26.8 Å². The number of carboxylic acid groups (broad SMARTS) is 1. The third kappa shape index (κ3) is 6.69. The number of amides is 3. The number of carbonyl (C=O) groups is 3. The van der Waals surface area contributed by atoms with Gasteiger partial charge in [0.1, 0.15) is 6.04 Å². The van der Waals surface area contributed by atoms with Gasteiger partial charge in [0.25, 0.3) is 0 Å². The van der Waals surface area contributed by atoms with Crippen LogP contribution >= 0.6 is 0 Å². The van der Waals surface area contributed by atoms with E-state index < -0.39 is 30.4 Å². The lowest BCUT2D eigenvalue weighted by Gasteiger charge is -2.20. The molecule has 0 aromatic rings. The second-order valence-electron chi connectivity index (χ2n) is 3.63. The smallest absolute Gasteiger partial charge is 0.326 e. The summed E-state index contributed by atoms with van der Waals surface area (Å²) in [4.78, 5) is 34.3. The van der Waals surface area contributed by atoms with Gasteiger partial charge in [0, 0.05) is 20.2 Å². The highest BCUT2D eigenvalue weighted by atomic mass is 16.5. The molecule has 8 heteroatoms. The molecule has 0 aliphatic carbocycles. The Hall–Kier alpha value is -1.83. The monoisotopic (exact) mass is 261 g/mol. The third-order valence-corrected chi connectivity index (χ3v) is 2.12. The molecular formula is C10H19N3O5. The molecule has 0 saturated carbocycles.